The molecule has 218 valence electrons. The first-order chi connectivity index (χ1) is 20.9. The van der Waals surface area contributed by atoms with Gasteiger partial charge < -0.3 is 15.4 Å². The number of benzene rings is 1. The maximum Gasteiger partial charge on any atom is 0.255 e. The van der Waals surface area contributed by atoms with Gasteiger partial charge in [0.05, 0.1) is 12.0 Å². The fraction of sp³-hybridized carbons (Fsp3) is 0.290. The average molecular weight is 583 g/mol. The predicted molar refractivity (Wildman–Crippen MR) is 156 cm³/mol. The Balaban J connectivity index is 1.19. The third-order valence-corrected chi connectivity index (χ3v) is 7.91. The molecule has 2 aliphatic rings. The number of fused-ring (bicyclic) bond motifs is 1. The Kier molecular flexibility index (Phi) is 6.77. The largest absolute Gasteiger partial charge is 0.358 e. The molecule has 1 amide bonds. The molecule has 12 heteroatoms. The average Bonchev–Trinajstić information content (AvgIpc) is 3.64. The molecule has 1 aliphatic carbocycles. The Hall–Kier alpha value is -4.84. The number of carbonyl (C=O) groups excluding carboxylic acids is 1. The number of halogens is 2. The van der Waals surface area contributed by atoms with Crippen LogP contribution in [0.5, 0.6) is 0 Å². The van der Waals surface area contributed by atoms with Crippen molar-refractivity contribution in [2.45, 2.75) is 50.9 Å². The monoisotopic (exact) mass is 582 g/mol. The second-order valence-electron chi connectivity index (χ2n) is 10.9. The molecule has 43 heavy (non-hydrogen) atoms. The zero-order valence-electron chi connectivity index (χ0n) is 23.3. The van der Waals surface area contributed by atoms with Crippen molar-refractivity contribution in [1.29, 1.82) is 0 Å². The van der Waals surface area contributed by atoms with Crippen molar-refractivity contribution in [1.82, 2.24) is 29.5 Å². The van der Waals surface area contributed by atoms with Crippen molar-refractivity contribution in [3.8, 4) is 11.3 Å². The van der Waals surface area contributed by atoms with Crippen LogP contribution in [0.1, 0.15) is 59.9 Å². The van der Waals surface area contributed by atoms with Crippen LogP contribution in [0.2, 0.25) is 0 Å². The molecule has 1 atom stereocenters. The Morgan fingerprint density at radius 3 is 2.77 bits per heavy atom. The summed E-state index contributed by atoms with van der Waals surface area (Å²) in [4.78, 5) is 35.2. The van der Waals surface area contributed by atoms with E-state index < -0.39 is 17.4 Å². The van der Waals surface area contributed by atoms with Crippen LogP contribution >= 0.6 is 0 Å². The molecule has 1 saturated carbocycles. The molecule has 1 aromatic carbocycles. The van der Waals surface area contributed by atoms with Gasteiger partial charge in [0.25, 0.3) is 5.91 Å². The number of nitrogens with zero attached hydrogens (tertiary/aromatic N) is 6. The van der Waals surface area contributed by atoms with E-state index in [-0.39, 0.29) is 23.2 Å². The van der Waals surface area contributed by atoms with Gasteiger partial charge in [-0.1, -0.05) is 0 Å². The minimum Gasteiger partial charge on any atom is -0.358 e. The lowest BCUT2D eigenvalue weighted by Crippen LogP contribution is -2.17. The van der Waals surface area contributed by atoms with Gasteiger partial charge in [0.1, 0.15) is 35.4 Å². The lowest BCUT2D eigenvalue weighted by molar-refractivity contribution is -0.0298. The molecule has 2 N–H and O–H groups in total. The van der Waals surface area contributed by atoms with Crippen LogP contribution in [0, 0.1) is 12.7 Å². The van der Waals surface area contributed by atoms with Crippen LogP contribution in [0.15, 0.2) is 61.4 Å². The van der Waals surface area contributed by atoms with Gasteiger partial charge in [-0.25, -0.2) is 28.7 Å². The molecule has 7 rings (SSSR count). The van der Waals surface area contributed by atoms with Crippen LogP contribution in [0.25, 0.3) is 22.4 Å². The van der Waals surface area contributed by atoms with Crippen LogP contribution in [-0.4, -0.2) is 42.0 Å². The number of amides is 1. The molecule has 0 radical (unpaired) electrons. The van der Waals surface area contributed by atoms with E-state index in [1.165, 1.54) is 30.7 Å². The van der Waals surface area contributed by atoms with Gasteiger partial charge in [-0.3, -0.25) is 14.3 Å². The molecule has 0 bridgehead atoms. The molecule has 1 saturated heterocycles. The molecule has 5 aromatic rings. The first-order valence-electron chi connectivity index (χ1n) is 14.2. The molecule has 2 fully saturated rings. The highest BCUT2D eigenvalue weighted by Crippen LogP contribution is 2.48. The molecular formula is C31H28F2N8O2. The lowest BCUT2D eigenvalue weighted by atomic mass is 10.1. The Bertz CT molecular complexity index is 1850. The van der Waals surface area contributed by atoms with Crippen LogP contribution < -0.4 is 10.6 Å². The van der Waals surface area contributed by atoms with Gasteiger partial charge >= 0.3 is 0 Å². The summed E-state index contributed by atoms with van der Waals surface area (Å²) in [6.07, 6.45) is 9.83. The summed E-state index contributed by atoms with van der Waals surface area (Å²) in [7, 11) is 0. The van der Waals surface area contributed by atoms with Gasteiger partial charge in [0.2, 0.25) is 0 Å². The molecular weight excluding hydrogens is 554 g/mol. The summed E-state index contributed by atoms with van der Waals surface area (Å²) in [5.74, 6) is -0.598. The number of aromatic nitrogens is 6. The zero-order valence-corrected chi connectivity index (χ0v) is 23.3. The van der Waals surface area contributed by atoms with Crippen molar-refractivity contribution >= 4 is 34.3 Å². The third kappa shape index (κ3) is 5.18. The fourth-order valence-electron chi connectivity index (χ4n) is 5.29. The highest BCUT2D eigenvalue weighted by molar-refractivity contribution is 6.04. The van der Waals surface area contributed by atoms with E-state index >= 15 is 4.39 Å². The van der Waals surface area contributed by atoms with Gasteiger partial charge in [-0.2, -0.15) is 0 Å². The van der Waals surface area contributed by atoms with Crippen molar-refractivity contribution in [3.63, 3.8) is 0 Å². The van der Waals surface area contributed by atoms with E-state index in [0.717, 1.165) is 19.3 Å². The van der Waals surface area contributed by atoms with Crippen LogP contribution in [-0.2, 0) is 10.4 Å². The number of hydrogen-bond donors (Lipinski definition) is 2. The highest BCUT2D eigenvalue weighted by Gasteiger charge is 2.46. The highest BCUT2D eigenvalue weighted by atomic mass is 19.1. The standard InChI is InChI=1S/C31H28F2N8O2/c1-18-22(32)14-20(39-30(42)19-7-11-34-24(13-19)31(33)8-9-31)15-23(18)40-28-21(5-4-10-35-28)26-27-29(37-16-36-26)41(17-38-27)25-6-2-3-12-43-25/h4-5,7,10-11,13-17,25H,2-3,6,8-9,12H2,1H3,(H,35,40)(H,39,42). The van der Waals surface area contributed by atoms with Gasteiger partial charge in [0, 0.05) is 47.1 Å². The van der Waals surface area contributed by atoms with E-state index in [0.29, 0.717) is 58.9 Å². The van der Waals surface area contributed by atoms with E-state index in [1.807, 2.05) is 10.6 Å². The topological polar surface area (TPSA) is 120 Å². The maximum absolute atomic E-state index is 15.1. The van der Waals surface area contributed by atoms with Gasteiger partial charge in [-0.05, 0) is 75.4 Å². The van der Waals surface area contributed by atoms with E-state index in [1.54, 1.807) is 31.6 Å². The third-order valence-electron chi connectivity index (χ3n) is 7.91. The van der Waals surface area contributed by atoms with Crippen molar-refractivity contribution in [2.75, 3.05) is 17.2 Å². The summed E-state index contributed by atoms with van der Waals surface area (Å²) < 4.78 is 37.5. The Morgan fingerprint density at radius 1 is 1.07 bits per heavy atom. The summed E-state index contributed by atoms with van der Waals surface area (Å²) in [6, 6.07) is 9.44. The Labute approximate surface area is 245 Å². The first kappa shape index (κ1) is 27.0. The van der Waals surface area contributed by atoms with Crippen molar-refractivity contribution in [3.05, 3.63) is 84.1 Å². The van der Waals surface area contributed by atoms with Crippen LogP contribution in [0.4, 0.5) is 26.0 Å². The smallest absolute Gasteiger partial charge is 0.255 e. The summed E-state index contributed by atoms with van der Waals surface area (Å²) in [5, 5.41) is 5.95. The van der Waals surface area contributed by atoms with Crippen molar-refractivity contribution < 1.29 is 18.3 Å². The van der Waals surface area contributed by atoms with E-state index in [4.69, 9.17) is 4.74 Å². The summed E-state index contributed by atoms with van der Waals surface area (Å²) in [6.45, 7) is 2.32. The second kappa shape index (κ2) is 10.8. The van der Waals surface area contributed by atoms with E-state index in [9.17, 15) is 9.18 Å². The molecule has 0 spiro atoms. The number of imidazole rings is 1. The number of nitrogens with one attached hydrogen (secondary N) is 2. The maximum atomic E-state index is 15.1. The summed E-state index contributed by atoms with van der Waals surface area (Å²) >= 11 is 0. The lowest BCUT2D eigenvalue weighted by Gasteiger charge is -2.23. The molecule has 10 nitrogen and oxygen atoms in total. The number of alkyl halides is 1. The quantitative estimate of drug-likeness (QED) is 0.227. The zero-order chi connectivity index (χ0) is 29.6. The first-order valence-corrected chi connectivity index (χ1v) is 14.2. The summed E-state index contributed by atoms with van der Waals surface area (Å²) in [5.41, 5.74) is 2.41. The molecule has 5 heterocycles. The van der Waals surface area contributed by atoms with Gasteiger partial charge in [0.15, 0.2) is 11.3 Å². The molecule has 4 aromatic heterocycles. The minimum absolute atomic E-state index is 0.137. The number of hydrogen-bond acceptors (Lipinski definition) is 8. The SMILES string of the molecule is Cc1c(F)cc(NC(=O)c2ccnc(C3(F)CC3)c2)cc1Nc1ncccc1-c1ncnc2c1ncn2C1CCCCO1. The minimum atomic E-state index is -1.47. The van der Waals surface area contributed by atoms with Gasteiger partial charge in [-0.15, -0.1) is 0 Å². The second-order valence-corrected chi connectivity index (χ2v) is 10.9. The number of anilines is 3. The molecule has 1 unspecified atom stereocenters. The fourth-order valence-corrected chi connectivity index (χ4v) is 5.29. The normalized spacial score (nSPS) is 17.5. The number of carbonyl (C=O) groups is 1. The predicted octanol–water partition coefficient (Wildman–Crippen LogP) is 6.38. The number of rotatable bonds is 7. The van der Waals surface area contributed by atoms with E-state index in [2.05, 4.69) is 35.6 Å². The van der Waals surface area contributed by atoms with Crippen molar-refractivity contribution in [2.24, 2.45) is 0 Å². The van der Waals surface area contributed by atoms with Crippen LogP contribution in [0.3, 0.4) is 0 Å². The number of pyridine rings is 2. The molecule has 1 aliphatic heterocycles. The Morgan fingerprint density at radius 2 is 1.95 bits per heavy atom. The number of ether oxygens (including phenoxy) is 1.